The van der Waals surface area contributed by atoms with Crippen molar-refractivity contribution in [3.05, 3.63) is 0 Å². The average Bonchev–Trinajstić information content (AvgIpc) is 2.68. The Hall–Kier alpha value is -1.51. The molecule has 0 aromatic rings. The number of rotatable bonds is 17. The molecule has 8 nitrogen and oxygen atoms in total. The van der Waals surface area contributed by atoms with E-state index in [1.54, 1.807) is 0 Å². The van der Waals surface area contributed by atoms with Crippen LogP contribution in [0.4, 0.5) is 0 Å². The van der Waals surface area contributed by atoms with Crippen LogP contribution in [0.2, 0.25) is 0 Å². The number of amides is 2. The van der Waals surface area contributed by atoms with Crippen molar-refractivity contribution in [2.24, 2.45) is 5.92 Å². The molecule has 8 heteroatoms. The third-order valence-corrected chi connectivity index (χ3v) is 3.53. The van der Waals surface area contributed by atoms with Crippen molar-refractivity contribution < 1.29 is 31.4 Å². The van der Waals surface area contributed by atoms with Gasteiger partial charge in [0.25, 0.3) is 0 Å². The molecule has 0 rings (SSSR count). The normalized spacial score (nSPS) is 10.5. The van der Waals surface area contributed by atoms with Crippen LogP contribution in [-0.4, -0.2) is 69.8 Å². The zero-order valence-electron chi connectivity index (χ0n) is 19.2. The second-order valence-electron chi connectivity index (χ2n) is 6.72. The molecule has 0 aromatic carbocycles. The first-order valence-electron chi connectivity index (χ1n) is 10.7. The van der Waals surface area contributed by atoms with E-state index in [1.807, 2.05) is 41.5 Å². The highest BCUT2D eigenvalue weighted by Gasteiger charge is 2.06. The summed E-state index contributed by atoms with van der Waals surface area (Å²) < 4.78 is 15.9. The fourth-order valence-corrected chi connectivity index (χ4v) is 1.92. The highest BCUT2D eigenvalue weighted by atomic mass is 16.5. The molecule has 0 fully saturated rings. The molecule has 0 saturated carbocycles. The Kier molecular flexibility index (Phi) is 21.7. The molecule has 0 aliphatic rings. The molecule has 0 saturated heterocycles. The van der Waals surface area contributed by atoms with E-state index >= 15 is 0 Å². The maximum Gasteiger partial charge on any atom is 0.222 e. The highest BCUT2D eigenvalue weighted by molar-refractivity contribution is 5.80. The van der Waals surface area contributed by atoms with Crippen LogP contribution >= 0.6 is 0 Å². The summed E-state index contributed by atoms with van der Waals surface area (Å²) in [7, 11) is 0. The maximum absolute atomic E-state index is 11.6. The van der Waals surface area contributed by atoms with E-state index < -0.39 is 0 Å². The molecular weight excluding hydrogens is 376 g/mol. The first kappa shape index (κ1) is 29.7. The van der Waals surface area contributed by atoms with Crippen molar-refractivity contribution in [1.82, 2.24) is 10.6 Å². The number of carbonyl (C=O) groups is 3. The summed E-state index contributed by atoms with van der Waals surface area (Å²) in [4.78, 5) is 34.5. The summed E-state index contributed by atoms with van der Waals surface area (Å²) in [6.07, 6.45) is 1.10. The summed E-state index contributed by atoms with van der Waals surface area (Å²) in [6, 6.07) is 0. The van der Waals surface area contributed by atoms with E-state index in [9.17, 15) is 14.4 Å². The van der Waals surface area contributed by atoms with Crippen molar-refractivity contribution >= 4 is 17.6 Å². The Balaban J connectivity index is -0.000000882. The van der Waals surface area contributed by atoms with Gasteiger partial charge in [-0.15, -0.1) is 0 Å². The van der Waals surface area contributed by atoms with Gasteiger partial charge in [0.05, 0.1) is 39.1 Å². The fourth-order valence-electron chi connectivity index (χ4n) is 1.92. The number of ketones is 1. The van der Waals surface area contributed by atoms with E-state index in [-0.39, 0.29) is 38.9 Å². The fraction of sp³-hybridized carbons (Fsp3) is 0.857. The van der Waals surface area contributed by atoms with Gasteiger partial charge < -0.3 is 24.8 Å². The summed E-state index contributed by atoms with van der Waals surface area (Å²) in [5.74, 6) is 0.00981. The van der Waals surface area contributed by atoms with E-state index in [0.29, 0.717) is 59.0 Å². The largest absolute Gasteiger partial charge is 0.379 e. The molecule has 29 heavy (non-hydrogen) atoms. The van der Waals surface area contributed by atoms with Crippen LogP contribution in [0, 0.1) is 5.92 Å². The summed E-state index contributed by atoms with van der Waals surface area (Å²) in [5, 5.41) is 5.45. The maximum atomic E-state index is 11.6. The Bertz CT molecular complexity index is 438. The molecule has 2 amide bonds. The van der Waals surface area contributed by atoms with Gasteiger partial charge in [0, 0.05) is 41.1 Å². The SMILES string of the molecule is CC.CC(C)OCCC(=O)NCCOCCC(=O)NCCOCCC(=O)C(C)C.[HH].[HH]. The summed E-state index contributed by atoms with van der Waals surface area (Å²) in [6.45, 7) is 14.2. The average molecular weight is 423 g/mol. The Morgan fingerprint density at radius 2 is 1.17 bits per heavy atom. The Morgan fingerprint density at radius 1 is 0.724 bits per heavy atom. The first-order chi connectivity index (χ1) is 13.8. The van der Waals surface area contributed by atoms with Crippen LogP contribution in [-0.2, 0) is 28.6 Å². The van der Waals surface area contributed by atoms with Crippen LogP contribution < -0.4 is 10.6 Å². The number of hydrogen-bond donors (Lipinski definition) is 2. The second-order valence-corrected chi connectivity index (χ2v) is 6.72. The lowest BCUT2D eigenvalue weighted by atomic mass is 10.1. The van der Waals surface area contributed by atoms with Gasteiger partial charge in [-0.05, 0) is 13.8 Å². The molecule has 2 N–H and O–H groups in total. The zero-order chi connectivity index (χ0) is 22.5. The molecule has 176 valence electrons. The van der Waals surface area contributed by atoms with Crippen molar-refractivity contribution in [2.45, 2.75) is 66.9 Å². The molecule has 0 atom stereocenters. The van der Waals surface area contributed by atoms with Crippen molar-refractivity contribution in [2.75, 3.05) is 46.1 Å². The lowest BCUT2D eigenvalue weighted by Gasteiger charge is -2.09. The highest BCUT2D eigenvalue weighted by Crippen LogP contribution is 1.98. The lowest BCUT2D eigenvalue weighted by molar-refractivity contribution is -0.124. The molecule has 0 heterocycles. The van der Waals surface area contributed by atoms with Crippen LogP contribution in [0.25, 0.3) is 0 Å². The van der Waals surface area contributed by atoms with Crippen LogP contribution in [0.3, 0.4) is 0 Å². The minimum Gasteiger partial charge on any atom is -0.379 e. The number of hydrogen-bond acceptors (Lipinski definition) is 6. The van der Waals surface area contributed by atoms with Crippen LogP contribution in [0.5, 0.6) is 0 Å². The third-order valence-electron chi connectivity index (χ3n) is 3.53. The number of nitrogens with one attached hydrogen (secondary N) is 2. The Morgan fingerprint density at radius 3 is 1.62 bits per heavy atom. The van der Waals surface area contributed by atoms with Gasteiger partial charge in [0.1, 0.15) is 5.78 Å². The standard InChI is InChI=1S/C19H36N2O6.C2H6.2H2/c1-15(2)17(22)5-10-25-13-8-20-18(23)6-11-26-14-9-21-19(24)7-12-27-16(3)4;1-2;;/h15-16H,5-14H2,1-4H3,(H,20,23)(H,21,24);1-2H3;2*1H. The van der Waals surface area contributed by atoms with E-state index in [1.165, 1.54) is 0 Å². The van der Waals surface area contributed by atoms with Crippen molar-refractivity contribution in [3.8, 4) is 0 Å². The minimum absolute atomic E-state index is 0. The zero-order valence-corrected chi connectivity index (χ0v) is 19.2. The monoisotopic (exact) mass is 422 g/mol. The molecule has 0 bridgehead atoms. The van der Waals surface area contributed by atoms with Crippen LogP contribution in [0.15, 0.2) is 0 Å². The molecule has 0 unspecified atom stereocenters. The molecule has 0 aromatic heterocycles. The van der Waals surface area contributed by atoms with Gasteiger partial charge >= 0.3 is 0 Å². The minimum atomic E-state index is -0.119. The third kappa shape index (κ3) is 22.6. The van der Waals surface area contributed by atoms with Crippen LogP contribution in [0.1, 0.15) is 63.7 Å². The van der Waals surface area contributed by atoms with E-state index in [4.69, 9.17) is 14.2 Å². The van der Waals surface area contributed by atoms with Gasteiger partial charge in [0.15, 0.2) is 0 Å². The molecule has 0 radical (unpaired) electrons. The van der Waals surface area contributed by atoms with E-state index in [0.717, 1.165) is 0 Å². The summed E-state index contributed by atoms with van der Waals surface area (Å²) in [5.41, 5.74) is 0. The molecule has 0 spiro atoms. The van der Waals surface area contributed by atoms with Gasteiger partial charge in [-0.25, -0.2) is 0 Å². The van der Waals surface area contributed by atoms with Gasteiger partial charge in [-0.3, -0.25) is 14.4 Å². The number of Topliss-reactive ketones (excluding diaryl/α,β-unsaturated/α-hetero) is 1. The topological polar surface area (TPSA) is 103 Å². The van der Waals surface area contributed by atoms with E-state index in [2.05, 4.69) is 10.6 Å². The molecular formula is C21H46N2O6. The summed E-state index contributed by atoms with van der Waals surface area (Å²) >= 11 is 0. The molecule has 0 aliphatic heterocycles. The quantitative estimate of drug-likeness (QED) is 0.349. The second kappa shape index (κ2) is 21.2. The van der Waals surface area contributed by atoms with Gasteiger partial charge in [-0.2, -0.15) is 0 Å². The van der Waals surface area contributed by atoms with Crippen molar-refractivity contribution in [1.29, 1.82) is 0 Å². The predicted octanol–water partition coefficient (Wildman–Crippen LogP) is 2.59. The van der Waals surface area contributed by atoms with Gasteiger partial charge in [0.2, 0.25) is 11.8 Å². The number of carbonyl (C=O) groups excluding carboxylic acids is 3. The van der Waals surface area contributed by atoms with Gasteiger partial charge in [-0.1, -0.05) is 27.7 Å². The molecule has 0 aliphatic carbocycles. The smallest absolute Gasteiger partial charge is 0.222 e. The predicted molar refractivity (Wildman–Crippen MR) is 118 cm³/mol. The first-order valence-corrected chi connectivity index (χ1v) is 10.7. The van der Waals surface area contributed by atoms with Crippen molar-refractivity contribution in [3.63, 3.8) is 0 Å². The number of ether oxygens (including phenoxy) is 3. The Labute approximate surface area is 179 Å². The lowest BCUT2D eigenvalue weighted by Crippen LogP contribution is -2.30.